The number of hydrogen-bond donors (Lipinski definition) is 2. The van der Waals surface area contributed by atoms with Crippen LogP contribution in [-0.4, -0.2) is 68.7 Å². The van der Waals surface area contributed by atoms with Crippen molar-refractivity contribution in [2.45, 2.75) is 45.1 Å². The minimum atomic E-state index is -0.113. The van der Waals surface area contributed by atoms with Gasteiger partial charge < -0.3 is 25.0 Å². The number of carbonyl (C=O) groups is 2. The molecule has 2 N–H and O–H groups in total. The highest BCUT2D eigenvalue weighted by Gasteiger charge is 2.27. The molecule has 3 rings (SSSR count). The fourth-order valence-electron chi connectivity index (χ4n) is 3.61. The van der Waals surface area contributed by atoms with Gasteiger partial charge >= 0.3 is 5.97 Å². The van der Waals surface area contributed by atoms with Crippen LogP contribution in [0.25, 0.3) is 0 Å². The predicted molar refractivity (Wildman–Crippen MR) is 119 cm³/mol. The van der Waals surface area contributed by atoms with Crippen molar-refractivity contribution in [1.82, 2.24) is 15.5 Å². The van der Waals surface area contributed by atoms with Gasteiger partial charge in [0.2, 0.25) is 0 Å². The van der Waals surface area contributed by atoms with Gasteiger partial charge in [0.1, 0.15) is 5.75 Å². The van der Waals surface area contributed by atoms with Crippen molar-refractivity contribution >= 4 is 17.8 Å². The summed E-state index contributed by atoms with van der Waals surface area (Å²) in [6.45, 7) is 5.18. The Morgan fingerprint density at radius 3 is 2.45 bits per heavy atom. The summed E-state index contributed by atoms with van der Waals surface area (Å²) in [5.41, 5.74) is 1.17. The number of guanidine groups is 1. The maximum Gasteiger partial charge on any atom is 0.308 e. The number of rotatable bonds is 9. The van der Waals surface area contributed by atoms with Gasteiger partial charge in [0, 0.05) is 32.2 Å². The van der Waals surface area contributed by atoms with Crippen LogP contribution in [-0.2, 0) is 20.7 Å². The SMILES string of the molecule is CCNC(=NCCc1ccc(OCC(=O)NC2CC2)cc1)N1CCC(C(=O)OC)CC1. The predicted octanol–water partition coefficient (Wildman–Crippen LogP) is 1.74. The molecule has 2 fully saturated rings. The van der Waals surface area contributed by atoms with Crippen molar-refractivity contribution in [3.8, 4) is 5.75 Å². The van der Waals surface area contributed by atoms with Crippen LogP contribution in [0.2, 0.25) is 0 Å². The van der Waals surface area contributed by atoms with Gasteiger partial charge in [-0.05, 0) is 56.7 Å². The molecule has 170 valence electrons. The van der Waals surface area contributed by atoms with Gasteiger partial charge in [-0.15, -0.1) is 0 Å². The summed E-state index contributed by atoms with van der Waals surface area (Å²) < 4.78 is 10.4. The van der Waals surface area contributed by atoms with E-state index in [0.29, 0.717) is 18.3 Å². The van der Waals surface area contributed by atoms with Crippen molar-refractivity contribution in [3.05, 3.63) is 29.8 Å². The van der Waals surface area contributed by atoms with Gasteiger partial charge in [0.25, 0.3) is 5.91 Å². The summed E-state index contributed by atoms with van der Waals surface area (Å²) in [6.07, 6.45) is 4.54. The molecule has 1 aliphatic heterocycles. The van der Waals surface area contributed by atoms with Crippen molar-refractivity contribution < 1.29 is 19.1 Å². The number of hydrogen-bond acceptors (Lipinski definition) is 5. The normalized spacial score (nSPS) is 17.2. The minimum Gasteiger partial charge on any atom is -0.484 e. The summed E-state index contributed by atoms with van der Waals surface area (Å²) in [5, 5.41) is 6.26. The zero-order valence-corrected chi connectivity index (χ0v) is 18.6. The number of nitrogens with zero attached hydrogens (tertiary/aromatic N) is 2. The van der Waals surface area contributed by atoms with Gasteiger partial charge in [0.15, 0.2) is 12.6 Å². The molecule has 0 bridgehead atoms. The molecule has 2 aliphatic rings. The second kappa shape index (κ2) is 11.6. The van der Waals surface area contributed by atoms with Gasteiger partial charge in [-0.3, -0.25) is 14.6 Å². The molecule has 1 aromatic rings. The first-order valence-electron chi connectivity index (χ1n) is 11.2. The number of nitrogens with one attached hydrogen (secondary N) is 2. The minimum absolute atomic E-state index is 0.00959. The molecule has 0 unspecified atom stereocenters. The molecule has 1 aromatic carbocycles. The lowest BCUT2D eigenvalue weighted by Crippen LogP contribution is -2.46. The zero-order chi connectivity index (χ0) is 22.1. The highest BCUT2D eigenvalue weighted by Crippen LogP contribution is 2.19. The van der Waals surface area contributed by atoms with Gasteiger partial charge in [0.05, 0.1) is 13.0 Å². The zero-order valence-electron chi connectivity index (χ0n) is 18.6. The number of piperidine rings is 1. The number of carbonyl (C=O) groups excluding carboxylic acids is 2. The summed E-state index contributed by atoms with van der Waals surface area (Å²) in [4.78, 5) is 30.4. The van der Waals surface area contributed by atoms with E-state index in [-0.39, 0.29) is 24.4 Å². The van der Waals surface area contributed by atoms with E-state index in [1.807, 2.05) is 24.3 Å². The smallest absolute Gasteiger partial charge is 0.308 e. The summed E-state index contributed by atoms with van der Waals surface area (Å²) >= 11 is 0. The lowest BCUT2D eigenvalue weighted by molar-refractivity contribution is -0.146. The molecule has 0 radical (unpaired) electrons. The van der Waals surface area contributed by atoms with E-state index in [0.717, 1.165) is 57.7 Å². The van der Waals surface area contributed by atoms with Crippen molar-refractivity contribution in [2.24, 2.45) is 10.9 Å². The monoisotopic (exact) mass is 430 g/mol. The molecular formula is C23H34N4O4. The molecule has 31 heavy (non-hydrogen) atoms. The van der Waals surface area contributed by atoms with Crippen LogP contribution in [0.3, 0.4) is 0 Å². The molecular weight excluding hydrogens is 396 g/mol. The molecule has 1 heterocycles. The molecule has 1 aliphatic carbocycles. The van der Waals surface area contributed by atoms with Gasteiger partial charge in [-0.25, -0.2) is 0 Å². The summed E-state index contributed by atoms with van der Waals surface area (Å²) in [7, 11) is 1.45. The Hall–Kier alpha value is -2.77. The van der Waals surface area contributed by atoms with E-state index in [1.165, 1.54) is 12.7 Å². The standard InChI is InChI=1S/C23H34N4O4/c1-3-24-23(27-14-11-18(12-15-27)22(29)30-2)25-13-10-17-4-8-20(9-5-17)31-16-21(28)26-19-6-7-19/h4-5,8-9,18-19H,3,6-7,10-16H2,1-2H3,(H,24,25)(H,26,28). The Labute approximate surface area is 184 Å². The first-order chi connectivity index (χ1) is 15.1. The molecule has 1 amide bonds. The van der Waals surface area contributed by atoms with E-state index >= 15 is 0 Å². The Balaban J connectivity index is 1.43. The molecule has 0 aromatic heterocycles. The van der Waals surface area contributed by atoms with Crippen molar-refractivity contribution in [1.29, 1.82) is 0 Å². The van der Waals surface area contributed by atoms with Crippen LogP contribution < -0.4 is 15.4 Å². The largest absolute Gasteiger partial charge is 0.484 e. The number of benzene rings is 1. The first kappa shape index (κ1) is 22.9. The van der Waals surface area contributed by atoms with Crippen LogP contribution in [0.15, 0.2) is 29.3 Å². The lowest BCUT2D eigenvalue weighted by atomic mass is 9.97. The third-order valence-corrected chi connectivity index (χ3v) is 5.56. The van der Waals surface area contributed by atoms with Crippen LogP contribution in [0.1, 0.15) is 38.2 Å². The third-order valence-electron chi connectivity index (χ3n) is 5.56. The molecule has 8 heteroatoms. The van der Waals surface area contributed by atoms with E-state index in [9.17, 15) is 9.59 Å². The molecule has 0 spiro atoms. The Morgan fingerprint density at radius 2 is 1.84 bits per heavy atom. The van der Waals surface area contributed by atoms with Gasteiger partial charge in [-0.2, -0.15) is 0 Å². The average molecular weight is 431 g/mol. The maximum absolute atomic E-state index is 11.7. The summed E-state index contributed by atoms with van der Waals surface area (Å²) in [6, 6.07) is 8.17. The number of likely N-dealkylation sites (tertiary alicyclic amines) is 1. The van der Waals surface area contributed by atoms with Crippen molar-refractivity contribution in [2.75, 3.05) is 39.9 Å². The van der Waals surface area contributed by atoms with Crippen molar-refractivity contribution in [3.63, 3.8) is 0 Å². The first-order valence-corrected chi connectivity index (χ1v) is 11.2. The van der Waals surface area contributed by atoms with E-state index in [4.69, 9.17) is 14.5 Å². The molecule has 1 saturated carbocycles. The average Bonchev–Trinajstić information content (AvgIpc) is 3.61. The Morgan fingerprint density at radius 1 is 1.13 bits per heavy atom. The quantitative estimate of drug-likeness (QED) is 0.352. The number of aliphatic imine (C=N–C) groups is 1. The third kappa shape index (κ3) is 7.45. The second-order valence-electron chi connectivity index (χ2n) is 8.04. The number of ether oxygens (including phenoxy) is 2. The highest BCUT2D eigenvalue weighted by molar-refractivity contribution is 5.80. The van der Waals surface area contributed by atoms with E-state index < -0.39 is 0 Å². The number of methoxy groups -OCH3 is 1. The topological polar surface area (TPSA) is 92.3 Å². The molecule has 0 atom stereocenters. The molecule has 1 saturated heterocycles. The Kier molecular flexibility index (Phi) is 8.55. The fourth-order valence-corrected chi connectivity index (χ4v) is 3.61. The Bertz CT molecular complexity index is 753. The number of esters is 1. The van der Waals surface area contributed by atoms with E-state index in [2.05, 4.69) is 22.5 Å². The van der Waals surface area contributed by atoms with E-state index in [1.54, 1.807) is 0 Å². The van der Waals surface area contributed by atoms with Crippen LogP contribution in [0.4, 0.5) is 0 Å². The van der Waals surface area contributed by atoms with Crippen LogP contribution in [0.5, 0.6) is 5.75 Å². The molecule has 8 nitrogen and oxygen atoms in total. The second-order valence-corrected chi connectivity index (χ2v) is 8.04. The highest BCUT2D eigenvalue weighted by atomic mass is 16.5. The fraction of sp³-hybridized carbons (Fsp3) is 0.609. The van der Waals surface area contributed by atoms with Crippen LogP contribution in [0, 0.1) is 5.92 Å². The number of amides is 1. The van der Waals surface area contributed by atoms with Gasteiger partial charge in [-0.1, -0.05) is 12.1 Å². The lowest BCUT2D eigenvalue weighted by Gasteiger charge is -2.33. The van der Waals surface area contributed by atoms with Crippen LogP contribution >= 0.6 is 0 Å². The maximum atomic E-state index is 11.7. The summed E-state index contributed by atoms with van der Waals surface area (Å²) in [5.74, 6) is 1.40.